The molecule has 1 aromatic rings. The average molecular weight is 339 g/mol. The molecule has 1 aromatic carbocycles. The third kappa shape index (κ3) is 2.62. The Hall–Kier alpha value is -0.780. The summed E-state index contributed by atoms with van der Waals surface area (Å²) in [5, 5.41) is 0. The van der Waals surface area contributed by atoms with Crippen molar-refractivity contribution in [1.82, 2.24) is 0 Å². The van der Waals surface area contributed by atoms with Crippen LogP contribution in [0.3, 0.4) is 0 Å². The van der Waals surface area contributed by atoms with Crippen LogP contribution in [0.1, 0.15) is 102 Å². The Labute approximate surface area is 155 Å². The molecule has 0 N–H and O–H groups in total. The maximum atomic E-state index is 2.69. The van der Waals surface area contributed by atoms with Crippen LogP contribution >= 0.6 is 0 Å². The van der Waals surface area contributed by atoms with Crippen molar-refractivity contribution in [2.24, 2.45) is 22.7 Å². The van der Waals surface area contributed by atoms with Gasteiger partial charge in [-0.05, 0) is 96.6 Å². The number of hydrogen-bond donors (Lipinski definition) is 0. The molecule has 0 radical (unpaired) electrons. The van der Waals surface area contributed by atoms with E-state index in [2.05, 4.69) is 45.9 Å². The van der Waals surface area contributed by atoms with Crippen LogP contribution in [0.15, 0.2) is 18.2 Å². The first-order valence-corrected chi connectivity index (χ1v) is 11.1. The molecule has 25 heavy (non-hydrogen) atoms. The van der Waals surface area contributed by atoms with Crippen LogP contribution in [-0.2, 0) is 12.8 Å². The monoisotopic (exact) mass is 338 g/mol. The SMILES string of the molecule is CCCCC1(C)CCC2C3CCc4cc(CC)ccc4C3CCC21C. The number of benzene rings is 1. The molecule has 0 spiro atoms. The van der Waals surface area contributed by atoms with Gasteiger partial charge >= 0.3 is 0 Å². The molecule has 0 aliphatic heterocycles. The van der Waals surface area contributed by atoms with Crippen molar-refractivity contribution >= 4 is 0 Å². The number of rotatable bonds is 4. The Bertz CT molecular complexity index is 629. The maximum Gasteiger partial charge on any atom is -0.0128 e. The normalized spacial score (nSPS) is 39.6. The Morgan fingerprint density at radius 3 is 2.64 bits per heavy atom. The van der Waals surface area contributed by atoms with Crippen molar-refractivity contribution in [2.45, 2.75) is 97.8 Å². The summed E-state index contributed by atoms with van der Waals surface area (Å²) < 4.78 is 0. The van der Waals surface area contributed by atoms with Gasteiger partial charge in [-0.3, -0.25) is 0 Å². The zero-order chi connectivity index (χ0) is 17.7. The van der Waals surface area contributed by atoms with Crippen LogP contribution in [0.25, 0.3) is 0 Å². The summed E-state index contributed by atoms with van der Waals surface area (Å²) in [4.78, 5) is 0. The van der Waals surface area contributed by atoms with E-state index in [9.17, 15) is 0 Å². The van der Waals surface area contributed by atoms with E-state index >= 15 is 0 Å². The number of unbranched alkanes of at least 4 members (excludes halogenated alkanes) is 1. The second-order valence-electron chi connectivity index (χ2n) is 9.96. The van der Waals surface area contributed by atoms with E-state index in [0.29, 0.717) is 10.8 Å². The number of hydrogen-bond acceptors (Lipinski definition) is 0. The first-order chi connectivity index (χ1) is 12.0. The van der Waals surface area contributed by atoms with Gasteiger partial charge in [0.15, 0.2) is 0 Å². The lowest BCUT2D eigenvalue weighted by molar-refractivity contribution is -0.0230. The lowest BCUT2D eigenvalue weighted by atomic mass is 9.50. The second-order valence-corrected chi connectivity index (χ2v) is 9.96. The zero-order valence-electron chi connectivity index (χ0n) is 17.0. The highest BCUT2D eigenvalue weighted by atomic mass is 14.6. The highest BCUT2D eigenvalue weighted by Gasteiger charge is 2.59. The molecule has 0 heterocycles. The van der Waals surface area contributed by atoms with Crippen molar-refractivity contribution in [3.05, 3.63) is 34.9 Å². The quantitative estimate of drug-likeness (QED) is 0.540. The molecule has 5 atom stereocenters. The van der Waals surface area contributed by atoms with E-state index in [4.69, 9.17) is 0 Å². The minimum absolute atomic E-state index is 0.601. The molecule has 0 aromatic heterocycles. The summed E-state index contributed by atoms with van der Waals surface area (Å²) in [5.41, 5.74) is 6.16. The lowest BCUT2D eigenvalue weighted by Crippen LogP contribution is -2.46. The summed E-state index contributed by atoms with van der Waals surface area (Å²) in [7, 11) is 0. The Morgan fingerprint density at radius 1 is 1.04 bits per heavy atom. The fourth-order valence-electron chi connectivity index (χ4n) is 7.19. The van der Waals surface area contributed by atoms with Gasteiger partial charge in [-0.1, -0.05) is 58.7 Å². The molecule has 0 amide bonds. The molecule has 0 nitrogen and oxygen atoms in total. The van der Waals surface area contributed by atoms with Crippen LogP contribution in [0.2, 0.25) is 0 Å². The molecule has 2 saturated carbocycles. The van der Waals surface area contributed by atoms with Crippen LogP contribution in [0.5, 0.6) is 0 Å². The van der Waals surface area contributed by atoms with Crippen molar-refractivity contribution < 1.29 is 0 Å². The number of fused-ring (bicyclic) bond motifs is 5. The zero-order valence-corrected chi connectivity index (χ0v) is 17.0. The average Bonchev–Trinajstić information content (AvgIpc) is 2.91. The van der Waals surface area contributed by atoms with Gasteiger partial charge < -0.3 is 0 Å². The molecule has 2 fully saturated rings. The largest absolute Gasteiger partial charge is 0.0654 e. The maximum absolute atomic E-state index is 2.69. The Kier molecular flexibility index (Phi) is 4.53. The predicted octanol–water partition coefficient (Wildman–Crippen LogP) is 7.30. The fraction of sp³-hybridized carbons (Fsp3) is 0.760. The lowest BCUT2D eigenvalue weighted by Gasteiger charge is -2.54. The van der Waals surface area contributed by atoms with Crippen LogP contribution in [0, 0.1) is 22.7 Å². The summed E-state index contributed by atoms with van der Waals surface area (Å²) in [5.74, 6) is 2.80. The van der Waals surface area contributed by atoms with Crippen molar-refractivity contribution in [3.8, 4) is 0 Å². The van der Waals surface area contributed by atoms with Gasteiger partial charge in [-0.2, -0.15) is 0 Å². The van der Waals surface area contributed by atoms with Crippen LogP contribution < -0.4 is 0 Å². The van der Waals surface area contributed by atoms with Gasteiger partial charge in [0.1, 0.15) is 0 Å². The minimum Gasteiger partial charge on any atom is -0.0654 e. The highest BCUT2D eigenvalue weighted by molar-refractivity contribution is 5.38. The molecule has 0 bridgehead atoms. The van der Waals surface area contributed by atoms with E-state index in [0.717, 1.165) is 17.8 Å². The predicted molar refractivity (Wildman–Crippen MR) is 108 cm³/mol. The van der Waals surface area contributed by atoms with Gasteiger partial charge in [0, 0.05) is 0 Å². The fourth-order valence-corrected chi connectivity index (χ4v) is 7.19. The third-order valence-corrected chi connectivity index (χ3v) is 9.06. The molecule has 5 unspecified atom stereocenters. The van der Waals surface area contributed by atoms with Crippen molar-refractivity contribution in [3.63, 3.8) is 0 Å². The van der Waals surface area contributed by atoms with Gasteiger partial charge in [0.25, 0.3) is 0 Å². The van der Waals surface area contributed by atoms with Crippen molar-refractivity contribution in [2.75, 3.05) is 0 Å². The Morgan fingerprint density at radius 2 is 1.88 bits per heavy atom. The van der Waals surface area contributed by atoms with Gasteiger partial charge in [-0.25, -0.2) is 0 Å². The third-order valence-electron chi connectivity index (χ3n) is 9.06. The number of aryl methyl sites for hydroxylation is 2. The molecular formula is C25H38. The van der Waals surface area contributed by atoms with E-state index in [1.807, 2.05) is 0 Å². The van der Waals surface area contributed by atoms with Crippen molar-refractivity contribution in [1.29, 1.82) is 0 Å². The highest BCUT2D eigenvalue weighted by Crippen LogP contribution is 2.68. The summed E-state index contributed by atoms with van der Waals surface area (Å²) in [6.07, 6.45) is 14.1. The van der Waals surface area contributed by atoms with E-state index in [-0.39, 0.29) is 0 Å². The molecular weight excluding hydrogens is 300 g/mol. The summed E-state index contributed by atoms with van der Waals surface area (Å²) in [6, 6.07) is 7.45. The van der Waals surface area contributed by atoms with Gasteiger partial charge in [-0.15, -0.1) is 0 Å². The van der Waals surface area contributed by atoms with E-state index in [1.54, 1.807) is 11.1 Å². The first kappa shape index (κ1) is 17.6. The topological polar surface area (TPSA) is 0 Å². The molecule has 4 rings (SSSR count). The van der Waals surface area contributed by atoms with Gasteiger partial charge in [0.2, 0.25) is 0 Å². The standard InChI is InChI=1S/C25H38/c1-5-7-14-24(3)15-13-23-22-11-9-19-17-18(6-2)8-10-20(19)21(22)12-16-25(23,24)4/h8,10,17,21-23H,5-7,9,11-16H2,1-4H3. The van der Waals surface area contributed by atoms with Crippen LogP contribution in [0.4, 0.5) is 0 Å². The minimum atomic E-state index is 0.601. The molecule has 3 aliphatic carbocycles. The Balaban J connectivity index is 1.62. The molecule has 0 saturated heterocycles. The first-order valence-electron chi connectivity index (χ1n) is 11.1. The second kappa shape index (κ2) is 6.43. The van der Waals surface area contributed by atoms with E-state index in [1.165, 1.54) is 69.8 Å². The van der Waals surface area contributed by atoms with Crippen LogP contribution in [-0.4, -0.2) is 0 Å². The summed E-state index contributed by atoms with van der Waals surface area (Å²) >= 11 is 0. The smallest absolute Gasteiger partial charge is 0.0128 e. The molecule has 3 aliphatic rings. The van der Waals surface area contributed by atoms with E-state index < -0.39 is 0 Å². The van der Waals surface area contributed by atoms with Gasteiger partial charge in [0.05, 0.1) is 0 Å². The molecule has 138 valence electrons. The summed E-state index contributed by atoms with van der Waals surface area (Å²) in [6.45, 7) is 9.98. The molecule has 0 heteroatoms.